The van der Waals surface area contributed by atoms with Crippen LogP contribution >= 0.6 is 35.6 Å². The summed E-state index contributed by atoms with van der Waals surface area (Å²) in [7, 11) is 0. The zero-order valence-electron chi connectivity index (χ0n) is 11.8. The predicted octanol–water partition coefficient (Wildman–Crippen LogP) is 3.97. The van der Waals surface area contributed by atoms with E-state index in [2.05, 4.69) is 5.32 Å². The Bertz CT molecular complexity index is 454. The molecule has 6 heteroatoms. The smallest absolute Gasteiger partial charge is 0.237 e. The van der Waals surface area contributed by atoms with Crippen molar-refractivity contribution in [3.63, 3.8) is 0 Å². The van der Waals surface area contributed by atoms with Gasteiger partial charge >= 0.3 is 0 Å². The summed E-state index contributed by atoms with van der Waals surface area (Å²) in [6, 6.07) is 4.67. The lowest BCUT2D eigenvalue weighted by atomic mass is 9.98. The molecule has 1 aromatic rings. The van der Waals surface area contributed by atoms with Crippen molar-refractivity contribution in [1.29, 1.82) is 0 Å². The Hall–Kier alpha value is -0.480. The highest BCUT2D eigenvalue weighted by molar-refractivity contribution is 6.42. The average Bonchev–Trinajstić information content (AvgIpc) is 2.39. The minimum absolute atomic E-state index is 0. The molecule has 114 valence electrons. The zero-order valence-corrected chi connectivity index (χ0v) is 14.1. The van der Waals surface area contributed by atoms with Crippen molar-refractivity contribution >= 4 is 41.5 Å². The number of nitrogens with two attached hydrogens (primary N) is 1. The van der Waals surface area contributed by atoms with Crippen LogP contribution in [0.5, 0.6) is 0 Å². The molecule has 3 N–H and O–H groups in total. The fraction of sp³-hybridized carbons (Fsp3) is 0.500. The van der Waals surface area contributed by atoms with Crippen molar-refractivity contribution in [3.8, 4) is 0 Å². The normalized spacial score (nSPS) is 14.9. The number of benzene rings is 1. The molecule has 3 unspecified atom stereocenters. The molecule has 0 fully saturated rings. The van der Waals surface area contributed by atoms with E-state index in [1.54, 1.807) is 12.1 Å². The second-order valence-corrected chi connectivity index (χ2v) is 5.63. The zero-order chi connectivity index (χ0) is 14.6. The molecular weight excluding hydrogens is 319 g/mol. The summed E-state index contributed by atoms with van der Waals surface area (Å²) >= 11 is 11.8. The highest BCUT2D eigenvalue weighted by Crippen LogP contribution is 2.25. The first-order valence-corrected chi connectivity index (χ1v) is 7.13. The number of carbonyl (C=O) groups excluding carboxylic acids is 1. The summed E-state index contributed by atoms with van der Waals surface area (Å²) < 4.78 is 0. The summed E-state index contributed by atoms with van der Waals surface area (Å²) in [6.45, 7) is 5.87. The number of nitrogens with one attached hydrogen (secondary N) is 1. The molecule has 1 aromatic carbocycles. The van der Waals surface area contributed by atoms with Gasteiger partial charge in [-0.15, -0.1) is 12.4 Å². The number of amides is 1. The van der Waals surface area contributed by atoms with Crippen molar-refractivity contribution in [2.24, 2.45) is 11.7 Å². The van der Waals surface area contributed by atoms with Crippen molar-refractivity contribution in [3.05, 3.63) is 33.8 Å². The van der Waals surface area contributed by atoms with E-state index in [1.807, 2.05) is 26.8 Å². The SMILES string of the molecule is CCC(C)C(N)C(=O)NC(C)c1ccc(Cl)c(Cl)c1.Cl. The van der Waals surface area contributed by atoms with Crippen LogP contribution < -0.4 is 11.1 Å². The highest BCUT2D eigenvalue weighted by Gasteiger charge is 2.21. The maximum Gasteiger partial charge on any atom is 0.237 e. The predicted molar refractivity (Wildman–Crippen MR) is 87.7 cm³/mol. The molecule has 0 spiro atoms. The molecule has 3 atom stereocenters. The number of hydrogen-bond donors (Lipinski definition) is 2. The molecule has 0 aromatic heterocycles. The van der Waals surface area contributed by atoms with Gasteiger partial charge in [0.05, 0.1) is 22.1 Å². The first-order chi connectivity index (χ1) is 8.86. The van der Waals surface area contributed by atoms with Gasteiger partial charge in [0, 0.05) is 0 Å². The van der Waals surface area contributed by atoms with Gasteiger partial charge < -0.3 is 11.1 Å². The third kappa shape index (κ3) is 5.13. The van der Waals surface area contributed by atoms with Crippen LogP contribution in [0, 0.1) is 5.92 Å². The van der Waals surface area contributed by atoms with E-state index in [0.717, 1.165) is 12.0 Å². The van der Waals surface area contributed by atoms with Gasteiger partial charge in [-0.25, -0.2) is 0 Å². The molecule has 0 heterocycles. The molecule has 20 heavy (non-hydrogen) atoms. The number of hydrogen-bond acceptors (Lipinski definition) is 2. The lowest BCUT2D eigenvalue weighted by molar-refractivity contribution is -0.124. The van der Waals surface area contributed by atoms with Crippen molar-refractivity contribution in [2.75, 3.05) is 0 Å². The van der Waals surface area contributed by atoms with E-state index in [4.69, 9.17) is 28.9 Å². The summed E-state index contributed by atoms with van der Waals surface area (Å²) in [6.07, 6.45) is 0.871. The minimum atomic E-state index is -0.491. The maximum atomic E-state index is 12.0. The van der Waals surface area contributed by atoms with Gasteiger partial charge in [-0.1, -0.05) is 49.5 Å². The Morgan fingerprint density at radius 1 is 1.30 bits per heavy atom. The van der Waals surface area contributed by atoms with Gasteiger partial charge in [-0.2, -0.15) is 0 Å². The first kappa shape index (κ1) is 19.5. The van der Waals surface area contributed by atoms with Crippen LogP contribution in [0.3, 0.4) is 0 Å². The van der Waals surface area contributed by atoms with Crippen LogP contribution in [0.25, 0.3) is 0 Å². The monoisotopic (exact) mass is 338 g/mol. The van der Waals surface area contributed by atoms with E-state index in [0.29, 0.717) is 10.0 Å². The van der Waals surface area contributed by atoms with Gasteiger partial charge in [-0.3, -0.25) is 4.79 Å². The third-order valence-corrected chi connectivity index (χ3v) is 4.10. The molecule has 0 aliphatic rings. The molecule has 0 saturated heterocycles. The second-order valence-electron chi connectivity index (χ2n) is 4.82. The fourth-order valence-corrected chi connectivity index (χ4v) is 1.99. The second kappa shape index (κ2) is 8.73. The Kier molecular flexibility index (Phi) is 8.52. The van der Waals surface area contributed by atoms with Crippen molar-refractivity contribution in [2.45, 2.75) is 39.3 Å². The van der Waals surface area contributed by atoms with Crippen LogP contribution in [0.1, 0.15) is 38.8 Å². The van der Waals surface area contributed by atoms with Crippen LogP contribution in [0.15, 0.2) is 18.2 Å². The summed E-state index contributed by atoms with van der Waals surface area (Å²) in [5, 5.41) is 3.87. The summed E-state index contributed by atoms with van der Waals surface area (Å²) in [4.78, 5) is 12.0. The Balaban J connectivity index is 0.00000361. The Labute approximate surface area is 136 Å². The number of halogens is 3. The van der Waals surface area contributed by atoms with Crippen LogP contribution in [-0.2, 0) is 4.79 Å². The van der Waals surface area contributed by atoms with Gasteiger partial charge in [-0.05, 0) is 30.5 Å². The van der Waals surface area contributed by atoms with E-state index in [1.165, 1.54) is 0 Å². The lowest BCUT2D eigenvalue weighted by Gasteiger charge is -2.21. The molecule has 0 bridgehead atoms. The molecule has 1 rings (SSSR count). The summed E-state index contributed by atoms with van der Waals surface area (Å²) in [5.74, 6) is 0.00827. The van der Waals surface area contributed by atoms with E-state index >= 15 is 0 Å². The molecule has 0 saturated carbocycles. The minimum Gasteiger partial charge on any atom is -0.348 e. The van der Waals surface area contributed by atoms with E-state index in [-0.39, 0.29) is 30.3 Å². The average molecular weight is 340 g/mol. The Morgan fingerprint density at radius 3 is 2.40 bits per heavy atom. The van der Waals surface area contributed by atoms with Crippen molar-refractivity contribution < 1.29 is 4.79 Å². The molecule has 0 radical (unpaired) electrons. The first-order valence-electron chi connectivity index (χ1n) is 6.37. The molecule has 0 aliphatic heterocycles. The van der Waals surface area contributed by atoms with Gasteiger partial charge in [0.1, 0.15) is 0 Å². The standard InChI is InChI=1S/C14H20Cl2N2O.ClH/c1-4-8(2)13(17)14(19)18-9(3)10-5-6-11(15)12(16)7-10;/h5-9,13H,4,17H2,1-3H3,(H,18,19);1H. The molecular formula is C14H21Cl3N2O. The number of carbonyl (C=O) groups is 1. The Morgan fingerprint density at radius 2 is 1.90 bits per heavy atom. The lowest BCUT2D eigenvalue weighted by Crippen LogP contribution is -2.45. The molecule has 1 amide bonds. The van der Waals surface area contributed by atoms with E-state index in [9.17, 15) is 4.79 Å². The van der Waals surface area contributed by atoms with Gasteiger partial charge in [0.15, 0.2) is 0 Å². The van der Waals surface area contributed by atoms with Crippen molar-refractivity contribution in [1.82, 2.24) is 5.32 Å². The number of rotatable bonds is 5. The van der Waals surface area contributed by atoms with Crippen LogP contribution in [0.2, 0.25) is 10.0 Å². The topological polar surface area (TPSA) is 55.1 Å². The largest absolute Gasteiger partial charge is 0.348 e. The molecule has 0 aliphatic carbocycles. The third-order valence-electron chi connectivity index (χ3n) is 3.36. The summed E-state index contributed by atoms with van der Waals surface area (Å²) in [5.41, 5.74) is 6.79. The molecule has 3 nitrogen and oxygen atoms in total. The van der Waals surface area contributed by atoms with Gasteiger partial charge in [0.25, 0.3) is 0 Å². The van der Waals surface area contributed by atoms with E-state index < -0.39 is 6.04 Å². The van der Waals surface area contributed by atoms with Gasteiger partial charge in [0.2, 0.25) is 5.91 Å². The van der Waals surface area contributed by atoms with Crippen LogP contribution in [0.4, 0.5) is 0 Å². The quantitative estimate of drug-likeness (QED) is 0.853. The maximum absolute atomic E-state index is 12.0. The van der Waals surface area contributed by atoms with Crippen LogP contribution in [-0.4, -0.2) is 11.9 Å². The fourth-order valence-electron chi connectivity index (χ4n) is 1.69. The highest BCUT2D eigenvalue weighted by atomic mass is 35.5.